The summed E-state index contributed by atoms with van der Waals surface area (Å²) in [5.74, 6) is 1.62. The summed E-state index contributed by atoms with van der Waals surface area (Å²) in [6.45, 7) is 1.44. The number of ether oxygens (including phenoxy) is 2. The minimum absolute atomic E-state index is 0.657. The molecule has 0 fully saturated rings. The fraction of sp³-hybridized carbons (Fsp3) is 0.238. The average Bonchev–Trinajstić information content (AvgIpc) is 3.35. The number of para-hydroxylation sites is 2. The number of benzene rings is 2. The fourth-order valence-corrected chi connectivity index (χ4v) is 4.82. The molecule has 2 aromatic heterocycles. The molecule has 0 saturated carbocycles. The van der Waals surface area contributed by atoms with Gasteiger partial charge in [0.2, 0.25) is 0 Å². The van der Waals surface area contributed by atoms with Gasteiger partial charge in [0.05, 0.1) is 30.4 Å². The summed E-state index contributed by atoms with van der Waals surface area (Å²) in [5, 5.41) is 4.11. The van der Waals surface area contributed by atoms with Crippen LogP contribution in [0.2, 0.25) is 0 Å². The zero-order valence-electron chi connectivity index (χ0n) is 15.8. The Balaban J connectivity index is 1.53. The second-order valence-corrected chi connectivity index (χ2v) is 7.99. The van der Waals surface area contributed by atoms with E-state index in [1.165, 1.54) is 0 Å². The Kier molecular flexibility index (Phi) is 5.95. The molecular weight excluding hydrogens is 390 g/mol. The minimum Gasteiger partial charge on any atom is -0.497 e. The number of aromatic nitrogens is 3. The minimum atomic E-state index is 0.657. The number of imidazole rings is 1. The zero-order chi connectivity index (χ0) is 19.3. The molecule has 0 bridgehead atoms. The monoisotopic (exact) mass is 411 g/mol. The van der Waals surface area contributed by atoms with Crippen molar-refractivity contribution in [2.24, 2.45) is 0 Å². The fourth-order valence-electron chi connectivity index (χ4n) is 2.96. The molecule has 144 valence electrons. The molecule has 4 rings (SSSR count). The van der Waals surface area contributed by atoms with Gasteiger partial charge in [-0.05, 0) is 24.3 Å². The first kappa shape index (κ1) is 19.0. The molecular formula is C21H21N3O2S2. The Morgan fingerprint density at radius 2 is 1.96 bits per heavy atom. The lowest BCUT2D eigenvalue weighted by Crippen LogP contribution is -2.05. The number of hydrogen-bond donors (Lipinski definition) is 0. The van der Waals surface area contributed by atoms with Crippen LogP contribution in [0, 0.1) is 0 Å². The standard InChI is InChI=1S/C21H21N3O2S2/c1-25-11-10-24-19-9-4-3-8-18(19)23-21(24)28-14-16-13-27-20(22-16)15-6-5-7-17(12-15)26-2/h3-9,12-13H,10-11,14H2,1-2H3. The van der Waals surface area contributed by atoms with Crippen molar-refractivity contribution in [3.05, 3.63) is 59.6 Å². The van der Waals surface area contributed by atoms with Crippen molar-refractivity contribution in [3.8, 4) is 16.3 Å². The van der Waals surface area contributed by atoms with E-state index in [1.807, 2.05) is 36.4 Å². The lowest BCUT2D eigenvalue weighted by molar-refractivity contribution is 0.186. The molecule has 2 heterocycles. The van der Waals surface area contributed by atoms with Crippen LogP contribution in [0.4, 0.5) is 0 Å². The summed E-state index contributed by atoms with van der Waals surface area (Å²) in [5.41, 5.74) is 4.28. The molecule has 0 aliphatic carbocycles. The predicted octanol–water partition coefficient (Wildman–Crippen LogP) is 5.11. The largest absolute Gasteiger partial charge is 0.497 e. The van der Waals surface area contributed by atoms with Crippen molar-refractivity contribution in [2.75, 3.05) is 20.8 Å². The van der Waals surface area contributed by atoms with Crippen molar-refractivity contribution in [1.82, 2.24) is 14.5 Å². The highest BCUT2D eigenvalue weighted by molar-refractivity contribution is 7.98. The van der Waals surface area contributed by atoms with E-state index in [2.05, 4.69) is 22.1 Å². The number of thioether (sulfide) groups is 1. The normalized spacial score (nSPS) is 11.2. The zero-order valence-corrected chi connectivity index (χ0v) is 17.4. The quantitative estimate of drug-likeness (QED) is 0.377. The van der Waals surface area contributed by atoms with E-state index in [9.17, 15) is 0 Å². The molecule has 2 aromatic carbocycles. The Labute approximate surface area is 172 Å². The Morgan fingerprint density at radius 3 is 2.82 bits per heavy atom. The molecule has 4 aromatic rings. The van der Waals surface area contributed by atoms with E-state index in [-0.39, 0.29) is 0 Å². The molecule has 0 unspecified atom stereocenters. The van der Waals surface area contributed by atoms with E-state index in [0.29, 0.717) is 6.61 Å². The molecule has 0 saturated heterocycles. The first-order chi connectivity index (χ1) is 13.8. The van der Waals surface area contributed by atoms with Crippen LogP contribution in [0.1, 0.15) is 5.69 Å². The van der Waals surface area contributed by atoms with Gasteiger partial charge in [-0.3, -0.25) is 0 Å². The summed E-state index contributed by atoms with van der Waals surface area (Å²) in [4.78, 5) is 9.59. The third-order valence-electron chi connectivity index (χ3n) is 4.36. The lowest BCUT2D eigenvalue weighted by Gasteiger charge is -2.07. The third kappa shape index (κ3) is 4.06. The SMILES string of the molecule is COCCn1c(SCc2csc(-c3cccc(OC)c3)n2)nc2ccccc21. The van der Waals surface area contributed by atoms with Crippen LogP contribution < -0.4 is 4.74 Å². The second kappa shape index (κ2) is 8.77. The maximum absolute atomic E-state index is 5.31. The highest BCUT2D eigenvalue weighted by Gasteiger charge is 2.12. The van der Waals surface area contributed by atoms with E-state index >= 15 is 0 Å². The number of methoxy groups -OCH3 is 2. The van der Waals surface area contributed by atoms with E-state index in [0.717, 1.165) is 50.5 Å². The van der Waals surface area contributed by atoms with Crippen LogP contribution in [-0.2, 0) is 17.0 Å². The number of fused-ring (bicyclic) bond motifs is 1. The van der Waals surface area contributed by atoms with Gasteiger partial charge in [-0.1, -0.05) is 36.0 Å². The van der Waals surface area contributed by atoms with Crippen LogP contribution in [0.15, 0.2) is 59.1 Å². The summed E-state index contributed by atoms with van der Waals surface area (Å²) >= 11 is 3.36. The molecule has 28 heavy (non-hydrogen) atoms. The molecule has 0 amide bonds. The Bertz CT molecular complexity index is 1070. The van der Waals surface area contributed by atoms with Gasteiger partial charge in [-0.15, -0.1) is 11.3 Å². The Hall–Kier alpha value is -2.35. The van der Waals surface area contributed by atoms with Crippen LogP contribution >= 0.6 is 23.1 Å². The molecule has 0 atom stereocenters. The predicted molar refractivity (Wildman–Crippen MR) is 115 cm³/mol. The molecule has 0 spiro atoms. The maximum Gasteiger partial charge on any atom is 0.169 e. The number of rotatable bonds is 8. The lowest BCUT2D eigenvalue weighted by atomic mass is 10.2. The number of nitrogens with zero attached hydrogens (tertiary/aromatic N) is 3. The summed E-state index contributed by atoms with van der Waals surface area (Å²) < 4.78 is 12.8. The van der Waals surface area contributed by atoms with Gasteiger partial charge in [0.15, 0.2) is 5.16 Å². The van der Waals surface area contributed by atoms with Gasteiger partial charge < -0.3 is 14.0 Å². The molecule has 5 nitrogen and oxygen atoms in total. The van der Waals surface area contributed by atoms with Crippen molar-refractivity contribution in [1.29, 1.82) is 0 Å². The van der Waals surface area contributed by atoms with Crippen LogP contribution in [0.25, 0.3) is 21.6 Å². The van der Waals surface area contributed by atoms with Crippen LogP contribution in [-0.4, -0.2) is 35.4 Å². The smallest absolute Gasteiger partial charge is 0.169 e. The van der Waals surface area contributed by atoms with Crippen LogP contribution in [0.5, 0.6) is 5.75 Å². The third-order valence-corrected chi connectivity index (χ3v) is 6.31. The van der Waals surface area contributed by atoms with Gasteiger partial charge in [0.25, 0.3) is 0 Å². The number of thiazole rings is 1. The van der Waals surface area contributed by atoms with Gasteiger partial charge in [0.1, 0.15) is 10.8 Å². The first-order valence-electron chi connectivity index (χ1n) is 8.94. The van der Waals surface area contributed by atoms with Crippen LogP contribution in [0.3, 0.4) is 0 Å². The summed E-state index contributed by atoms with van der Waals surface area (Å²) in [6, 6.07) is 16.2. The topological polar surface area (TPSA) is 49.2 Å². The number of hydrogen-bond acceptors (Lipinski definition) is 6. The maximum atomic E-state index is 5.31. The average molecular weight is 412 g/mol. The Morgan fingerprint density at radius 1 is 1.07 bits per heavy atom. The van der Waals surface area contributed by atoms with Gasteiger partial charge in [-0.2, -0.15) is 0 Å². The molecule has 7 heteroatoms. The van der Waals surface area contributed by atoms with Crippen molar-refractivity contribution < 1.29 is 9.47 Å². The van der Waals surface area contributed by atoms with Gasteiger partial charge >= 0.3 is 0 Å². The van der Waals surface area contributed by atoms with Crippen molar-refractivity contribution in [2.45, 2.75) is 17.5 Å². The van der Waals surface area contributed by atoms with Crippen molar-refractivity contribution >= 4 is 34.1 Å². The highest BCUT2D eigenvalue weighted by atomic mass is 32.2. The van der Waals surface area contributed by atoms with E-state index < -0.39 is 0 Å². The molecule has 0 radical (unpaired) electrons. The first-order valence-corrected chi connectivity index (χ1v) is 10.8. The molecule has 0 N–H and O–H groups in total. The summed E-state index contributed by atoms with van der Waals surface area (Å²) in [7, 11) is 3.40. The van der Waals surface area contributed by atoms with Gasteiger partial charge in [0, 0.05) is 30.4 Å². The molecule has 0 aliphatic heterocycles. The van der Waals surface area contributed by atoms with Gasteiger partial charge in [-0.25, -0.2) is 9.97 Å². The second-order valence-electron chi connectivity index (χ2n) is 6.19. The van der Waals surface area contributed by atoms with Crippen molar-refractivity contribution in [3.63, 3.8) is 0 Å². The van der Waals surface area contributed by atoms with E-state index in [1.54, 1.807) is 37.3 Å². The molecule has 0 aliphatic rings. The highest BCUT2D eigenvalue weighted by Crippen LogP contribution is 2.30. The summed E-state index contributed by atoms with van der Waals surface area (Å²) in [6.07, 6.45) is 0. The van der Waals surface area contributed by atoms with E-state index in [4.69, 9.17) is 19.4 Å².